The van der Waals surface area contributed by atoms with Crippen LogP contribution in [0.15, 0.2) is 0 Å². The van der Waals surface area contributed by atoms with Crippen molar-refractivity contribution in [2.45, 2.75) is 142 Å². The van der Waals surface area contributed by atoms with Crippen molar-refractivity contribution in [3.63, 3.8) is 0 Å². The minimum absolute atomic E-state index is 0.240. The van der Waals surface area contributed by atoms with Gasteiger partial charge in [0.15, 0.2) is 0 Å². The molecule has 0 aromatic rings. The lowest BCUT2D eigenvalue weighted by Crippen LogP contribution is -2.12. The topological polar surface area (TPSA) is 37.3 Å². The van der Waals surface area contributed by atoms with E-state index in [1.807, 2.05) is 13.3 Å². The predicted octanol–water partition coefficient (Wildman–Crippen LogP) is 8.73. The van der Waals surface area contributed by atoms with Crippen LogP contribution in [0, 0.1) is 12.3 Å². The van der Waals surface area contributed by atoms with Crippen LogP contribution in [-0.4, -0.2) is 11.1 Å². The van der Waals surface area contributed by atoms with Crippen LogP contribution in [0.1, 0.15) is 142 Å². The first-order valence-electron chi connectivity index (χ1n) is 12.3. The predicted molar refractivity (Wildman–Crippen MR) is 119 cm³/mol. The fourth-order valence-corrected chi connectivity index (χ4v) is 3.81. The van der Waals surface area contributed by atoms with Crippen molar-refractivity contribution in [1.29, 1.82) is 0 Å². The maximum absolute atomic E-state index is 10.9. The van der Waals surface area contributed by atoms with Crippen molar-refractivity contribution in [1.82, 2.24) is 0 Å². The van der Waals surface area contributed by atoms with Crippen molar-refractivity contribution in [2.75, 3.05) is 0 Å². The van der Waals surface area contributed by atoms with Crippen molar-refractivity contribution in [3.05, 3.63) is 6.42 Å². The quantitative estimate of drug-likeness (QED) is 0.190. The zero-order valence-electron chi connectivity index (χ0n) is 18.7. The summed E-state index contributed by atoms with van der Waals surface area (Å²) in [5, 5.41) is 8.99. The molecule has 0 aliphatic carbocycles. The Morgan fingerprint density at radius 3 is 1.26 bits per heavy atom. The third kappa shape index (κ3) is 20.0. The molecule has 0 saturated heterocycles. The minimum atomic E-state index is -0.667. The second-order valence-corrected chi connectivity index (χ2v) is 8.39. The zero-order valence-corrected chi connectivity index (χ0v) is 18.7. The van der Waals surface area contributed by atoms with E-state index < -0.39 is 5.97 Å². The molecule has 27 heavy (non-hydrogen) atoms. The Hall–Kier alpha value is -0.530. The van der Waals surface area contributed by atoms with E-state index >= 15 is 0 Å². The molecule has 0 heterocycles. The number of aliphatic carboxylic acids is 1. The van der Waals surface area contributed by atoms with Crippen LogP contribution in [0.3, 0.4) is 0 Å². The third-order valence-corrected chi connectivity index (χ3v) is 5.77. The van der Waals surface area contributed by atoms with E-state index in [1.165, 1.54) is 109 Å². The molecule has 0 amide bonds. The second-order valence-electron chi connectivity index (χ2n) is 8.39. The summed E-state index contributed by atoms with van der Waals surface area (Å²) in [6.07, 6.45) is 28.8. The molecule has 0 aliphatic heterocycles. The first-order valence-corrected chi connectivity index (χ1v) is 12.3. The monoisotopic (exact) mass is 381 g/mol. The van der Waals surface area contributed by atoms with Crippen molar-refractivity contribution in [2.24, 2.45) is 5.92 Å². The number of carboxylic acids is 1. The van der Waals surface area contributed by atoms with Gasteiger partial charge in [-0.15, -0.1) is 0 Å². The van der Waals surface area contributed by atoms with E-state index in [1.54, 1.807) is 0 Å². The SMILES string of the molecule is CCCCCCCCCCCCCCCCCCCC[CH]C(CC)C(=O)O. The third-order valence-electron chi connectivity index (χ3n) is 5.77. The molecule has 1 radical (unpaired) electrons. The highest BCUT2D eigenvalue weighted by molar-refractivity contribution is 5.71. The smallest absolute Gasteiger partial charge is 0.306 e. The van der Waals surface area contributed by atoms with Crippen molar-refractivity contribution < 1.29 is 9.90 Å². The van der Waals surface area contributed by atoms with Gasteiger partial charge in [-0.05, 0) is 19.3 Å². The molecule has 0 aliphatic rings. The first-order chi connectivity index (χ1) is 13.2. The molecule has 2 heteroatoms. The van der Waals surface area contributed by atoms with Crippen molar-refractivity contribution in [3.8, 4) is 0 Å². The number of hydrogen-bond donors (Lipinski definition) is 1. The summed E-state index contributed by atoms with van der Waals surface area (Å²) in [6, 6.07) is 0. The summed E-state index contributed by atoms with van der Waals surface area (Å²) >= 11 is 0. The van der Waals surface area contributed by atoms with Gasteiger partial charge in [0, 0.05) is 0 Å². The largest absolute Gasteiger partial charge is 0.481 e. The molecular formula is C25H49O2. The van der Waals surface area contributed by atoms with E-state index in [4.69, 9.17) is 5.11 Å². The van der Waals surface area contributed by atoms with Crippen molar-refractivity contribution >= 4 is 5.97 Å². The summed E-state index contributed by atoms with van der Waals surface area (Å²) in [7, 11) is 0. The lowest BCUT2D eigenvalue weighted by molar-refractivity contribution is -0.140. The van der Waals surface area contributed by atoms with Gasteiger partial charge in [0.1, 0.15) is 0 Å². The van der Waals surface area contributed by atoms with E-state index in [9.17, 15) is 4.79 Å². The lowest BCUT2D eigenvalue weighted by atomic mass is 9.98. The van der Waals surface area contributed by atoms with Gasteiger partial charge in [0.2, 0.25) is 0 Å². The summed E-state index contributed by atoms with van der Waals surface area (Å²) in [4.78, 5) is 10.9. The Morgan fingerprint density at radius 2 is 0.963 bits per heavy atom. The van der Waals surface area contributed by atoms with Gasteiger partial charge < -0.3 is 5.11 Å². The van der Waals surface area contributed by atoms with E-state index in [0.29, 0.717) is 6.42 Å². The molecule has 0 bridgehead atoms. The van der Waals surface area contributed by atoms with E-state index in [0.717, 1.165) is 12.8 Å². The fraction of sp³-hybridized carbons (Fsp3) is 0.920. The number of unbranched alkanes of at least 4 members (excludes halogenated alkanes) is 18. The van der Waals surface area contributed by atoms with Gasteiger partial charge in [-0.3, -0.25) is 4.79 Å². The zero-order chi connectivity index (χ0) is 20.0. The highest BCUT2D eigenvalue weighted by atomic mass is 16.4. The number of hydrogen-bond acceptors (Lipinski definition) is 1. The van der Waals surface area contributed by atoms with Gasteiger partial charge in [-0.1, -0.05) is 129 Å². The summed E-state index contributed by atoms with van der Waals surface area (Å²) < 4.78 is 0. The van der Waals surface area contributed by atoms with Gasteiger partial charge in [-0.25, -0.2) is 0 Å². The van der Waals surface area contributed by atoms with Crippen LogP contribution >= 0.6 is 0 Å². The van der Waals surface area contributed by atoms with Gasteiger partial charge in [-0.2, -0.15) is 0 Å². The molecule has 0 spiro atoms. The van der Waals surface area contributed by atoms with Crippen LogP contribution < -0.4 is 0 Å². The number of carboxylic acid groups (broad SMARTS) is 1. The molecule has 0 fully saturated rings. The summed E-state index contributed by atoms with van der Waals surface area (Å²) in [5.41, 5.74) is 0. The van der Waals surface area contributed by atoms with Gasteiger partial charge >= 0.3 is 5.97 Å². The average molecular weight is 382 g/mol. The molecule has 0 aromatic heterocycles. The van der Waals surface area contributed by atoms with E-state index in [2.05, 4.69) is 6.92 Å². The highest BCUT2D eigenvalue weighted by Gasteiger charge is 2.13. The van der Waals surface area contributed by atoms with E-state index in [-0.39, 0.29) is 5.92 Å². The second kappa shape index (κ2) is 21.8. The molecule has 161 valence electrons. The molecule has 0 aromatic carbocycles. The summed E-state index contributed by atoms with van der Waals surface area (Å²) in [5.74, 6) is -0.907. The summed E-state index contributed by atoms with van der Waals surface area (Å²) in [6.45, 7) is 4.23. The highest BCUT2D eigenvalue weighted by Crippen LogP contribution is 2.16. The minimum Gasteiger partial charge on any atom is -0.481 e. The molecule has 0 saturated carbocycles. The van der Waals surface area contributed by atoms with Crippen LogP contribution in [0.4, 0.5) is 0 Å². The van der Waals surface area contributed by atoms with Crippen LogP contribution in [0.25, 0.3) is 0 Å². The molecular weight excluding hydrogens is 332 g/mol. The Kier molecular flexibility index (Phi) is 21.3. The standard InChI is InChI=1S/C25H49O2/c1-3-5-6-7-8-9-10-11-12-13-14-15-16-17-18-19-20-21-22-23-24(4-2)25(26)27/h23-24H,3-22H2,1-2H3,(H,26,27). The fourth-order valence-electron chi connectivity index (χ4n) is 3.81. The van der Waals surface area contributed by atoms with Crippen LogP contribution in [-0.2, 0) is 4.79 Å². The van der Waals surface area contributed by atoms with Gasteiger partial charge in [0.05, 0.1) is 5.92 Å². The molecule has 2 nitrogen and oxygen atoms in total. The Balaban J connectivity index is 3.10. The maximum atomic E-state index is 10.9. The van der Waals surface area contributed by atoms with Gasteiger partial charge in [0.25, 0.3) is 0 Å². The Bertz CT molecular complexity index is 301. The lowest BCUT2D eigenvalue weighted by Gasteiger charge is -2.08. The molecule has 1 unspecified atom stereocenters. The normalized spacial score (nSPS) is 12.4. The average Bonchev–Trinajstić information content (AvgIpc) is 2.66. The first kappa shape index (κ1) is 26.5. The molecule has 0 rings (SSSR count). The molecule has 1 N–H and O–H groups in total. The number of carbonyl (C=O) groups is 1. The van der Waals surface area contributed by atoms with Crippen LogP contribution in [0.2, 0.25) is 0 Å². The van der Waals surface area contributed by atoms with Crippen LogP contribution in [0.5, 0.6) is 0 Å². The Morgan fingerprint density at radius 1 is 0.630 bits per heavy atom. The Labute approximate surface area is 170 Å². The maximum Gasteiger partial charge on any atom is 0.306 e. The molecule has 1 atom stereocenters. The number of rotatable bonds is 22.